The lowest BCUT2D eigenvalue weighted by Crippen LogP contribution is -2.33. The van der Waals surface area contributed by atoms with Gasteiger partial charge in [0.25, 0.3) is 10.2 Å². The van der Waals surface area contributed by atoms with Gasteiger partial charge in [-0.2, -0.15) is 22.8 Å². The first-order valence-electron chi connectivity index (χ1n) is 9.82. The highest BCUT2D eigenvalue weighted by molar-refractivity contribution is 7.87. The van der Waals surface area contributed by atoms with E-state index in [1.54, 1.807) is 6.07 Å². The zero-order valence-corrected chi connectivity index (χ0v) is 18.7. The first kappa shape index (κ1) is 21.4. The Morgan fingerprint density at radius 2 is 2.10 bits per heavy atom. The molecule has 10 heteroatoms. The molecule has 0 unspecified atom stereocenters. The second kappa shape index (κ2) is 8.36. The van der Waals surface area contributed by atoms with Crippen molar-refractivity contribution in [1.82, 2.24) is 14.1 Å². The van der Waals surface area contributed by atoms with Gasteiger partial charge in [-0.25, -0.2) is 10.1 Å². The van der Waals surface area contributed by atoms with Crippen LogP contribution in [0.3, 0.4) is 0 Å². The molecule has 1 aromatic heterocycles. The number of rotatable bonds is 6. The minimum Gasteiger partial charge on any atom is -0.382 e. The first-order valence-corrected chi connectivity index (χ1v) is 12.1. The summed E-state index contributed by atoms with van der Waals surface area (Å²) in [7, 11) is -3.78. The van der Waals surface area contributed by atoms with Crippen LogP contribution in [0.15, 0.2) is 36.4 Å². The average Bonchev–Trinajstić information content (AvgIpc) is 3.34. The molecular formula is C21H22N6O2S2. The maximum absolute atomic E-state index is 11.5. The maximum atomic E-state index is 11.5. The van der Waals surface area contributed by atoms with E-state index in [1.165, 1.54) is 11.5 Å². The number of hydrogen-bond donors (Lipinski definition) is 3. The molecule has 0 saturated heterocycles. The first-order chi connectivity index (χ1) is 14.7. The van der Waals surface area contributed by atoms with E-state index < -0.39 is 10.2 Å². The zero-order valence-electron chi connectivity index (χ0n) is 17.1. The lowest BCUT2D eigenvalue weighted by molar-refractivity contribution is 0.556. The van der Waals surface area contributed by atoms with E-state index in [-0.39, 0.29) is 12.1 Å². The quantitative estimate of drug-likeness (QED) is 0.523. The van der Waals surface area contributed by atoms with Gasteiger partial charge in [-0.05, 0) is 67.5 Å². The van der Waals surface area contributed by atoms with Crippen LogP contribution in [0.1, 0.15) is 43.0 Å². The van der Waals surface area contributed by atoms with Gasteiger partial charge in [0.05, 0.1) is 11.3 Å². The Labute approximate surface area is 185 Å². The van der Waals surface area contributed by atoms with Crippen molar-refractivity contribution in [2.45, 2.75) is 38.8 Å². The Bertz CT molecular complexity index is 1280. The molecule has 0 spiro atoms. The normalized spacial score (nSPS) is 15.6. The second-order valence-corrected chi connectivity index (χ2v) is 9.80. The van der Waals surface area contributed by atoms with Crippen molar-refractivity contribution in [3.8, 4) is 28.0 Å². The van der Waals surface area contributed by atoms with Gasteiger partial charge in [0, 0.05) is 23.2 Å². The molecule has 1 atom stereocenters. The number of fused-ring (bicyclic) bond motifs is 1. The molecule has 0 fully saturated rings. The summed E-state index contributed by atoms with van der Waals surface area (Å²) in [6.07, 6.45) is 1.37. The van der Waals surface area contributed by atoms with Gasteiger partial charge in [-0.1, -0.05) is 18.2 Å². The van der Waals surface area contributed by atoms with Gasteiger partial charge in [-0.15, -0.1) is 0 Å². The fraction of sp³-hybridized carbons (Fsp3) is 0.286. The largest absolute Gasteiger partial charge is 0.382 e. The number of nitrogens with one attached hydrogen (secondary N) is 2. The fourth-order valence-electron chi connectivity index (χ4n) is 3.84. The third kappa shape index (κ3) is 4.60. The number of aromatic nitrogens is 2. The van der Waals surface area contributed by atoms with E-state index in [4.69, 9.17) is 10.1 Å². The van der Waals surface area contributed by atoms with Crippen molar-refractivity contribution in [2.24, 2.45) is 5.14 Å². The van der Waals surface area contributed by atoms with Gasteiger partial charge in [0.2, 0.25) is 0 Å². The molecule has 4 rings (SSSR count). The number of nitrogens with zero attached hydrogens (tertiary/aromatic N) is 3. The molecule has 8 nitrogen and oxygen atoms in total. The topological polar surface area (TPSA) is 134 Å². The van der Waals surface area contributed by atoms with Gasteiger partial charge in [0.15, 0.2) is 5.82 Å². The van der Waals surface area contributed by atoms with Crippen LogP contribution in [0.2, 0.25) is 0 Å². The molecule has 2 aromatic carbocycles. The summed E-state index contributed by atoms with van der Waals surface area (Å²) in [5.41, 5.74) is 5.01. The van der Waals surface area contributed by atoms with Gasteiger partial charge >= 0.3 is 0 Å². The summed E-state index contributed by atoms with van der Waals surface area (Å²) in [6, 6.07) is 13.4. The molecule has 0 bridgehead atoms. The van der Waals surface area contributed by atoms with Crippen LogP contribution in [0, 0.1) is 11.3 Å². The van der Waals surface area contributed by atoms with E-state index in [1.807, 2.05) is 44.2 Å². The molecule has 31 heavy (non-hydrogen) atoms. The Morgan fingerprint density at radius 1 is 1.29 bits per heavy atom. The van der Waals surface area contributed by atoms with Crippen molar-refractivity contribution in [2.75, 3.05) is 5.32 Å². The van der Waals surface area contributed by atoms with E-state index in [2.05, 4.69) is 20.5 Å². The van der Waals surface area contributed by atoms with E-state index in [0.717, 1.165) is 39.4 Å². The summed E-state index contributed by atoms with van der Waals surface area (Å²) in [4.78, 5) is 4.71. The number of benzene rings is 2. The highest BCUT2D eigenvalue weighted by Crippen LogP contribution is 2.39. The third-order valence-electron chi connectivity index (χ3n) is 5.08. The molecule has 0 aliphatic heterocycles. The highest BCUT2D eigenvalue weighted by atomic mass is 32.2. The van der Waals surface area contributed by atoms with Crippen LogP contribution in [-0.2, 0) is 16.6 Å². The van der Waals surface area contributed by atoms with Gasteiger partial charge < -0.3 is 5.32 Å². The van der Waals surface area contributed by atoms with Crippen molar-refractivity contribution in [3.63, 3.8) is 0 Å². The summed E-state index contributed by atoms with van der Waals surface area (Å²) in [6.45, 7) is 4.04. The number of anilines is 1. The fourth-order valence-corrected chi connectivity index (χ4v) is 5.22. The smallest absolute Gasteiger partial charge is 0.274 e. The van der Waals surface area contributed by atoms with Crippen molar-refractivity contribution < 1.29 is 8.42 Å². The van der Waals surface area contributed by atoms with Crippen molar-refractivity contribution in [3.05, 3.63) is 53.1 Å². The van der Waals surface area contributed by atoms with E-state index in [0.29, 0.717) is 17.8 Å². The van der Waals surface area contributed by atoms with Crippen molar-refractivity contribution in [1.29, 1.82) is 5.26 Å². The molecule has 160 valence electrons. The van der Waals surface area contributed by atoms with Crippen LogP contribution < -0.4 is 15.2 Å². The molecule has 0 radical (unpaired) electrons. The van der Waals surface area contributed by atoms with Crippen LogP contribution >= 0.6 is 11.5 Å². The van der Waals surface area contributed by atoms with Gasteiger partial charge in [-0.3, -0.25) is 0 Å². The Balaban J connectivity index is 1.66. The zero-order chi connectivity index (χ0) is 22.2. The van der Waals surface area contributed by atoms with E-state index in [9.17, 15) is 13.7 Å². The molecule has 0 amide bonds. The minimum absolute atomic E-state index is 0.217. The predicted molar refractivity (Wildman–Crippen MR) is 122 cm³/mol. The molecule has 0 saturated carbocycles. The van der Waals surface area contributed by atoms with Crippen molar-refractivity contribution >= 4 is 27.4 Å². The number of hydrogen-bond acceptors (Lipinski definition) is 7. The summed E-state index contributed by atoms with van der Waals surface area (Å²) >= 11 is 1.28. The Hall–Kier alpha value is -2.84. The SMILES string of the molecule is CC(C)Nc1ccc(-c2nsc(-c3cccc4c3CC[C@@H]4NS(N)(=O)=O)n2)cc1C#N. The lowest BCUT2D eigenvalue weighted by atomic mass is 10.0. The molecule has 1 aliphatic rings. The van der Waals surface area contributed by atoms with Crippen LogP contribution in [0.5, 0.6) is 0 Å². The highest BCUT2D eigenvalue weighted by Gasteiger charge is 2.28. The summed E-state index contributed by atoms with van der Waals surface area (Å²) in [5, 5.41) is 18.7. The molecule has 4 N–H and O–H groups in total. The number of nitriles is 1. The molecule has 3 aromatic rings. The third-order valence-corrected chi connectivity index (χ3v) is 6.44. The minimum atomic E-state index is -3.78. The molecular weight excluding hydrogens is 432 g/mol. The lowest BCUT2D eigenvalue weighted by Gasteiger charge is -2.12. The maximum Gasteiger partial charge on any atom is 0.274 e. The predicted octanol–water partition coefficient (Wildman–Crippen LogP) is 3.34. The average molecular weight is 455 g/mol. The Kier molecular flexibility index (Phi) is 5.77. The summed E-state index contributed by atoms with van der Waals surface area (Å²) < 4.78 is 29.9. The second-order valence-electron chi connectivity index (χ2n) is 7.72. The monoisotopic (exact) mass is 454 g/mol. The van der Waals surface area contributed by atoms with Crippen LogP contribution in [-0.4, -0.2) is 23.8 Å². The van der Waals surface area contributed by atoms with E-state index >= 15 is 0 Å². The Morgan fingerprint density at radius 3 is 2.81 bits per heavy atom. The van der Waals surface area contributed by atoms with Crippen LogP contribution in [0.4, 0.5) is 5.69 Å². The molecule has 1 heterocycles. The van der Waals surface area contributed by atoms with Gasteiger partial charge in [0.1, 0.15) is 11.1 Å². The molecule has 1 aliphatic carbocycles. The van der Waals surface area contributed by atoms with Crippen LogP contribution in [0.25, 0.3) is 22.0 Å². The number of nitrogens with two attached hydrogens (primary N) is 1. The summed E-state index contributed by atoms with van der Waals surface area (Å²) in [5.74, 6) is 0.558. The standard InChI is InChI=1S/C21H22N6O2S2/c1-12(2)24-18-8-6-13(10-14(18)11-22)20-25-21(30-26-20)17-5-3-4-16-15(17)7-9-19(16)27-31(23,28)29/h3-6,8,10,12,19,24,27H,7,9H2,1-2H3,(H2,23,28,29)/t19-/m0/s1.